The second-order valence-electron chi connectivity index (χ2n) is 4.50. The Morgan fingerprint density at radius 3 is 2.89 bits per heavy atom. The molecule has 0 radical (unpaired) electrons. The topological polar surface area (TPSA) is 64.3 Å². The Morgan fingerprint density at radius 1 is 1.44 bits per heavy atom. The van der Waals surface area contributed by atoms with Crippen LogP contribution in [0.2, 0.25) is 5.02 Å². The molecule has 6 nitrogen and oxygen atoms in total. The second-order valence-corrected chi connectivity index (χ2v) is 4.88. The highest BCUT2D eigenvalue weighted by atomic mass is 35.5. The van der Waals surface area contributed by atoms with Crippen molar-refractivity contribution in [1.29, 1.82) is 0 Å². The van der Waals surface area contributed by atoms with Crippen molar-refractivity contribution < 1.29 is 0 Å². The van der Waals surface area contributed by atoms with E-state index in [0.717, 1.165) is 39.3 Å². The number of rotatable bonds is 4. The Bertz CT molecular complexity index is 441. The predicted octanol–water partition coefficient (Wildman–Crippen LogP) is 0.0826. The number of nitrogens with zero attached hydrogens (tertiary/aromatic N) is 3. The lowest BCUT2D eigenvalue weighted by Crippen LogP contribution is -2.45. The van der Waals surface area contributed by atoms with Crippen LogP contribution >= 0.6 is 11.6 Å². The summed E-state index contributed by atoms with van der Waals surface area (Å²) in [7, 11) is 2.14. The Labute approximate surface area is 111 Å². The molecule has 1 aromatic rings. The minimum Gasteiger partial charge on any atom is -0.381 e. The number of H-pyrrole nitrogens is 1. The summed E-state index contributed by atoms with van der Waals surface area (Å²) in [5.74, 6) is 0. The summed E-state index contributed by atoms with van der Waals surface area (Å²) in [5.41, 5.74) is 0.232. The van der Waals surface area contributed by atoms with Crippen molar-refractivity contribution in [2.75, 3.05) is 51.6 Å². The van der Waals surface area contributed by atoms with Crippen molar-refractivity contribution in [2.24, 2.45) is 0 Å². The van der Waals surface area contributed by atoms with Crippen LogP contribution in [0, 0.1) is 0 Å². The van der Waals surface area contributed by atoms with Crippen molar-refractivity contribution in [2.45, 2.75) is 0 Å². The number of aromatic nitrogens is 2. The van der Waals surface area contributed by atoms with Gasteiger partial charge in [0.2, 0.25) is 0 Å². The van der Waals surface area contributed by atoms with Crippen molar-refractivity contribution in [1.82, 2.24) is 20.0 Å². The van der Waals surface area contributed by atoms with Gasteiger partial charge in [0.1, 0.15) is 5.02 Å². The van der Waals surface area contributed by atoms with E-state index in [9.17, 15) is 4.79 Å². The third-order valence-electron chi connectivity index (χ3n) is 3.13. The van der Waals surface area contributed by atoms with Crippen LogP contribution in [0.5, 0.6) is 0 Å². The Morgan fingerprint density at radius 2 is 2.17 bits per heavy atom. The molecular formula is C11H18ClN5O. The number of nitrogens with one attached hydrogen (secondary N) is 2. The van der Waals surface area contributed by atoms with Gasteiger partial charge in [-0.3, -0.25) is 9.69 Å². The zero-order valence-corrected chi connectivity index (χ0v) is 11.2. The number of hydrogen-bond acceptors (Lipinski definition) is 5. The molecule has 2 heterocycles. The molecule has 0 unspecified atom stereocenters. The van der Waals surface area contributed by atoms with Gasteiger partial charge in [-0.25, -0.2) is 5.10 Å². The molecule has 1 aromatic heterocycles. The molecular weight excluding hydrogens is 254 g/mol. The van der Waals surface area contributed by atoms with E-state index in [2.05, 4.69) is 32.4 Å². The zero-order chi connectivity index (χ0) is 13.0. The fourth-order valence-corrected chi connectivity index (χ4v) is 2.08. The summed E-state index contributed by atoms with van der Waals surface area (Å²) in [5, 5.41) is 9.32. The lowest BCUT2D eigenvalue weighted by Gasteiger charge is -2.32. The first kappa shape index (κ1) is 13.3. The molecule has 1 saturated heterocycles. The number of likely N-dealkylation sites (N-methyl/N-ethyl adjacent to an activating group) is 1. The van der Waals surface area contributed by atoms with Crippen LogP contribution in [0.4, 0.5) is 5.69 Å². The highest BCUT2D eigenvalue weighted by Crippen LogP contribution is 2.13. The van der Waals surface area contributed by atoms with E-state index >= 15 is 0 Å². The predicted molar refractivity (Wildman–Crippen MR) is 72.3 cm³/mol. The minimum absolute atomic E-state index is 0.170. The molecule has 0 atom stereocenters. The number of anilines is 1. The molecule has 2 N–H and O–H groups in total. The van der Waals surface area contributed by atoms with Crippen molar-refractivity contribution >= 4 is 17.3 Å². The molecule has 1 aliphatic heterocycles. The number of aromatic amines is 1. The van der Waals surface area contributed by atoms with Gasteiger partial charge in [0.15, 0.2) is 0 Å². The number of piperazine rings is 1. The number of halogens is 1. The molecule has 100 valence electrons. The third-order valence-corrected chi connectivity index (χ3v) is 3.51. The fraction of sp³-hybridized carbons (Fsp3) is 0.636. The molecule has 18 heavy (non-hydrogen) atoms. The van der Waals surface area contributed by atoms with E-state index in [1.54, 1.807) is 0 Å². The molecule has 7 heteroatoms. The van der Waals surface area contributed by atoms with Gasteiger partial charge in [-0.05, 0) is 7.05 Å². The monoisotopic (exact) mass is 271 g/mol. The normalized spacial score (nSPS) is 17.9. The third kappa shape index (κ3) is 3.44. The van der Waals surface area contributed by atoms with E-state index in [4.69, 9.17) is 11.6 Å². The van der Waals surface area contributed by atoms with Crippen LogP contribution in [-0.4, -0.2) is 66.3 Å². The van der Waals surface area contributed by atoms with Gasteiger partial charge in [-0.1, -0.05) is 11.6 Å². The van der Waals surface area contributed by atoms with Crippen molar-refractivity contribution in [3.05, 3.63) is 21.6 Å². The minimum atomic E-state index is -0.360. The van der Waals surface area contributed by atoms with Crippen molar-refractivity contribution in [3.8, 4) is 0 Å². The maximum absolute atomic E-state index is 11.2. The average molecular weight is 272 g/mol. The van der Waals surface area contributed by atoms with Gasteiger partial charge in [-0.2, -0.15) is 5.10 Å². The first-order valence-corrected chi connectivity index (χ1v) is 6.42. The van der Waals surface area contributed by atoms with Crippen LogP contribution in [-0.2, 0) is 0 Å². The first-order valence-electron chi connectivity index (χ1n) is 6.05. The molecule has 0 spiro atoms. The fourth-order valence-electron chi connectivity index (χ4n) is 1.93. The quantitative estimate of drug-likeness (QED) is 0.812. The van der Waals surface area contributed by atoms with Gasteiger partial charge in [0.05, 0.1) is 11.9 Å². The smallest absolute Gasteiger partial charge is 0.285 e. The molecule has 0 amide bonds. The van der Waals surface area contributed by atoms with Crippen LogP contribution in [0.3, 0.4) is 0 Å². The zero-order valence-electron chi connectivity index (χ0n) is 10.4. The molecule has 0 aliphatic carbocycles. The maximum Gasteiger partial charge on any atom is 0.285 e. The van der Waals surface area contributed by atoms with Gasteiger partial charge in [-0.15, -0.1) is 0 Å². The van der Waals surface area contributed by atoms with Crippen LogP contribution < -0.4 is 10.9 Å². The molecule has 0 saturated carbocycles. The lowest BCUT2D eigenvalue weighted by atomic mass is 10.3. The Balaban J connectivity index is 1.78. The standard InChI is InChI=1S/C11H18ClN5O/c1-16-4-6-17(7-5-16)3-2-13-9-8-14-15-11(18)10(9)12/h8H,2-7H2,1H3,(H2,13,15,18). The largest absolute Gasteiger partial charge is 0.381 e. The highest BCUT2D eigenvalue weighted by molar-refractivity contribution is 6.32. The summed E-state index contributed by atoms with van der Waals surface area (Å²) in [4.78, 5) is 15.9. The van der Waals surface area contributed by atoms with Gasteiger partial charge in [0, 0.05) is 39.3 Å². The Kier molecular flexibility index (Phi) is 4.57. The highest BCUT2D eigenvalue weighted by Gasteiger charge is 2.13. The van der Waals surface area contributed by atoms with Gasteiger partial charge >= 0.3 is 0 Å². The summed E-state index contributed by atoms with van der Waals surface area (Å²) in [6.07, 6.45) is 1.54. The lowest BCUT2D eigenvalue weighted by molar-refractivity contribution is 0.158. The Hall–Kier alpha value is -1.11. The van der Waals surface area contributed by atoms with Crippen LogP contribution in [0.15, 0.2) is 11.0 Å². The molecule has 1 fully saturated rings. The molecule has 0 aromatic carbocycles. The molecule has 2 rings (SSSR count). The second kappa shape index (κ2) is 6.17. The van der Waals surface area contributed by atoms with Gasteiger partial charge < -0.3 is 10.2 Å². The van der Waals surface area contributed by atoms with E-state index in [0.29, 0.717) is 5.69 Å². The van der Waals surface area contributed by atoms with Crippen LogP contribution in [0.25, 0.3) is 0 Å². The maximum atomic E-state index is 11.2. The molecule has 1 aliphatic rings. The van der Waals surface area contributed by atoms with E-state index in [1.165, 1.54) is 6.20 Å². The molecule has 0 bridgehead atoms. The summed E-state index contributed by atoms with van der Waals surface area (Å²) >= 11 is 5.87. The SMILES string of the molecule is CN1CCN(CCNc2cn[nH]c(=O)c2Cl)CC1. The average Bonchev–Trinajstić information content (AvgIpc) is 2.37. The van der Waals surface area contributed by atoms with E-state index < -0.39 is 0 Å². The summed E-state index contributed by atoms with van der Waals surface area (Å²) in [6, 6.07) is 0. The van der Waals surface area contributed by atoms with Crippen molar-refractivity contribution in [3.63, 3.8) is 0 Å². The summed E-state index contributed by atoms with van der Waals surface area (Å²) in [6.45, 7) is 6.07. The van der Waals surface area contributed by atoms with E-state index in [1.807, 2.05) is 0 Å². The number of hydrogen-bond donors (Lipinski definition) is 2. The first-order chi connectivity index (χ1) is 8.66. The van der Waals surface area contributed by atoms with E-state index in [-0.39, 0.29) is 10.6 Å². The summed E-state index contributed by atoms with van der Waals surface area (Å²) < 4.78 is 0. The van der Waals surface area contributed by atoms with Crippen LogP contribution in [0.1, 0.15) is 0 Å². The van der Waals surface area contributed by atoms with Gasteiger partial charge in [0.25, 0.3) is 5.56 Å².